The van der Waals surface area contributed by atoms with Crippen LogP contribution in [0, 0.1) is 11.3 Å². The maximum atomic E-state index is 11.2. The van der Waals surface area contributed by atoms with Crippen LogP contribution in [0.5, 0.6) is 0 Å². The van der Waals surface area contributed by atoms with Gasteiger partial charge in [0, 0.05) is 12.2 Å². The summed E-state index contributed by atoms with van der Waals surface area (Å²) in [6, 6.07) is 3.31. The average Bonchev–Trinajstić information content (AvgIpc) is 3.17. The van der Waals surface area contributed by atoms with Crippen molar-refractivity contribution in [2.75, 3.05) is 11.9 Å². The number of aromatic carboxylic acids is 1. The molecule has 0 bridgehead atoms. The molecule has 0 amide bonds. The Kier molecular flexibility index (Phi) is 4.31. The Morgan fingerprint density at radius 2 is 2.15 bits per heavy atom. The van der Waals surface area contributed by atoms with Crippen molar-refractivity contribution < 1.29 is 9.90 Å². The number of pyridine rings is 1. The molecular formula is C16H24N2O2. The zero-order chi connectivity index (χ0) is 14.8. The molecule has 1 heterocycles. The van der Waals surface area contributed by atoms with E-state index in [4.69, 9.17) is 0 Å². The Balaban J connectivity index is 2.12. The minimum Gasteiger partial charge on any atom is -0.478 e. The molecule has 1 aromatic rings. The van der Waals surface area contributed by atoms with Gasteiger partial charge in [0.15, 0.2) is 0 Å². The van der Waals surface area contributed by atoms with Crippen LogP contribution in [-0.2, 0) is 6.42 Å². The molecule has 2 rings (SSSR count). The number of hydrogen-bond donors (Lipinski definition) is 2. The molecule has 1 aliphatic carbocycles. The van der Waals surface area contributed by atoms with Crippen molar-refractivity contribution in [2.24, 2.45) is 11.3 Å². The zero-order valence-corrected chi connectivity index (χ0v) is 12.6. The molecule has 1 aliphatic rings. The van der Waals surface area contributed by atoms with E-state index in [0.29, 0.717) is 22.7 Å². The zero-order valence-electron chi connectivity index (χ0n) is 12.6. The van der Waals surface area contributed by atoms with Gasteiger partial charge in [-0.05, 0) is 42.7 Å². The van der Waals surface area contributed by atoms with Gasteiger partial charge in [-0.3, -0.25) is 0 Å². The van der Waals surface area contributed by atoms with Crippen molar-refractivity contribution >= 4 is 11.8 Å². The second-order valence-electron chi connectivity index (χ2n) is 6.16. The first-order valence-corrected chi connectivity index (χ1v) is 7.45. The number of aryl methyl sites for hydroxylation is 1. The predicted molar refractivity (Wildman–Crippen MR) is 80.2 cm³/mol. The van der Waals surface area contributed by atoms with E-state index in [1.165, 1.54) is 12.8 Å². The number of aromatic nitrogens is 1. The van der Waals surface area contributed by atoms with Crippen LogP contribution in [0.25, 0.3) is 0 Å². The number of carboxylic acids is 1. The molecule has 4 heteroatoms. The van der Waals surface area contributed by atoms with E-state index < -0.39 is 5.97 Å². The number of carboxylic acid groups (broad SMARTS) is 1. The Morgan fingerprint density at radius 1 is 1.45 bits per heavy atom. The number of carbonyl (C=O) groups is 1. The molecule has 0 radical (unpaired) electrons. The molecule has 20 heavy (non-hydrogen) atoms. The van der Waals surface area contributed by atoms with Gasteiger partial charge in [-0.2, -0.15) is 0 Å². The van der Waals surface area contributed by atoms with Gasteiger partial charge in [-0.1, -0.05) is 27.2 Å². The third kappa shape index (κ3) is 3.30. The van der Waals surface area contributed by atoms with Crippen molar-refractivity contribution in [3.63, 3.8) is 0 Å². The summed E-state index contributed by atoms with van der Waals surface area (Å²) < 4.78 is 0. The minimum atomic E-state index is -0.891. The normalized spacial score (nSPS) is 16.2. The van der Waals surface area contributed by atoms with Crippen molar-refractivity contribution in [3.8, 4) is 0 Å². The lowest BCUT2D eigenvalue weighted by atomic mass is 9.92. The lowest BCUT2D eigenvalue weighted by Gasteiger charge is -2.20. The summed E-state index contributed by atoms with van der Waals surface area (Å²) in [6.45, 7) is 7.45. The summed E-state index contributed by atoms with van der Waals surface area (Å²) in [7, 11) is 0. The second-order valence-corrected chi connectivity index (χ2v) is 6.16. The molecule has 2 N–H and O–H groups in total. The van der Waals surface area contributed by atoms with Crippen LogP contribution in [0.2, 0.25) is 0 Å². The van der Waals surface area contributed by atoms with E-state index in [9.17, 15) is 9.90 Å². The third-order valence-electron chi connectivity index (χ3n) is 4.37. The molecule has 0 saturated heterocycles. The van der Waals surface area contributed by atoms with Crippen LogP contribution in [0.1, 0.15) is 56.1 Å². The van der Waals surface area contributed by atoms with Gasteiger partial charge in [-0.25, -0.2) is 9.78 Å². The van der Waals surface area contributed by atoms with Crippen molar-refractivity contribution in [1.29, 1.82) is 0 Å². The highest BCUT2D eigenvalue weighted by molar-refractivity contribution is 5.88. The monoisotopic (exact) mass is 276 g/mol. The Bertz CT molecular complexity index is 493. The molecule has 0 spiro atoms. The third-order valence-corrected chi connectivity index (χ3v) is 4.37. The molecule has 1 fully saturated rings. The van der Waals surface area contributed by atoms with Crippen LogP contribution in [-0.4, -0.2) is 22.6 Å². The van der Waals surface area contributed by atoms with E-state index in [-0.39, 0.29) is 0 Å². The first-order valence-electron chi connectivity index (χ1n) is 7.45. The van der Waals surface area contributed by atoms with Crippen LogP contribution in [0.15, 0.2) is 12.1 Å². The standard InChI is InChI=1S/C16H24N2O2/c1-4-5-13-8-12(15(19)20)9-14(18-13)17-10-16(6-7-16)11(2)3/h8-9,11H,4-7,10H2,1-3H3,(H,17,18)(H,19,20). The first-order chi connectivity index (χ1) is 9.47. The summed E-state index contributed by atoms with van der Waals surface area (Å²) in [4.78, 5) is 15.7. The average molecular weight is 276 g/mol. The van der Waals surface area contributed by atoms with Gasteiger partial charge in [0.2, 0.25) is 0 Å². The van der Waals surface area contributed by atoms with Gasteiger partial charge >= 0.3 is 5.97 Å². The molecule has 110 valence electrons. The number of rotatable bonds is 7. The number of nitrogens with one attached hydrogen (secondary N) is 1. The van der Waals surface area contributed by atoms with Crippen molar-refractivity contribution in [1.82, 2.24) is 4.98 Å². The first kappa shape index (κ1) is 14.8. The summed E-state index contributed by atoms with van der Waals surface area (Å²) in [5, 5.41) is 12.5. The largest absolute Gasteiger partial charge is 0.478 e. The molecule has 0 atom stereocenters. The summed E-state index contributed by atoms with van der Waals surface area (Å²) in [6.07, 6.45) is 4.27. The maximum Gasteiger partial charge on any atom is 0.335 e. The quantitative estimate of drug-likeness (QED) is 0.799. The summed E-state index contributed by atoms with van der Waals surface area (Å²) >= 11 is 0. The van der Waals surface area contributed by atoms with E-state index in [1.54, 1.807) is 12.1 Å². The van der Waals surface area contributed by atoms with Crippen molar-refractivity contribution in [2.45, 2.75) is 46.5 Å². The Labute approximate surface area is 120 Å². The van der Waals surface area contributed by atoms with Crippen LogP contribution in [0.3, 0.4) is 0 Å². The van der Waals surface area contributed by atoms with E-state index >= 15 is 0 Å². The van der Waals surface area contributed by atoms with Crippen LogP contribution in [0.4, 0.5) is 5.82 Å². The van der Waals surface area contributed by atoms with Gasteiger partial charge in [0.1, 0.15) is 5.82 Å². The molecule has 0 aliphatic heterocycles. The number of nitrogens with zero attached hydrogens (tertiary/aromatic N) is 1. The smallest absolute Gasteiger partial charge is 0.335 e. The molecule has 1 aromatic heterocycles. The summed E-state index contributed by atoms with van der Waals surface area (Å²) in [5.74, 6) is 0.450. The molecule has 4 nitrogen and oxygen atoms in total. The summed E-state index contributed by atoms with van der Waals surface area (Å²) in [5.41, 5.74) is 1.55. The minimum absolute atomic E-state index is 0.320. The maximum absolute atomic E-state index is 11.2. The highest BCUT2D eigenvalue weighted by Gasteiger charge is 2.44. The second kappa shape index (κ2) is 5.81. The van der Waals surface area contributed by atoms with Gasteiger partial charge < -0.3 is 10.4 Å². The highest BCUT2D eigenvalue weighted by atomic mass is 16.4. The Hall–Kier alpha value is -1.58. The van der Waals surface area contributed by atoms with Crippen LogP contribution < -0.4 is 5.32 Å². The SMILES string of the molecule is CCCc1cc(C(=O)O)cc(NCC2(C(C)C)CC2)n1. The van der Waals surface area contributed by atoms with E-state index in [1.807, 2.05) is 0 Å². The molecular weight excluding hydrogens is 252 g/mol. The van der Waals surface area contributed by atoms with Gasteiger partial charge in [0.25, 0.3) is 0 Å². The van der Waals surface area contributed by atoms with Gasteiger partial charge in [-0.15, -0.1) is 0 Å². The fourth-order valence-corrected chi connectivity index (χ4v) is 2.57. The highest BCUT2D eigenvalue weighted by Crippen LogP contribution is 2.51. The lowest BCUT2D eigenvalue weighted by Crippen LogP contribution is -2.21. The fourth-order valence-electron chi connectivity index (χ4n) is 2.57. The topological polar surface area (TPSA) is 62.2 Å². The lowest BCUT2D eigenvalue weighted by molar-refractivity contribution is 0.0696. The number of hydrogen-bond acceptors (Lipinski definition) is 3. The van der Waals surface area contributed by atoms with Crippen molar-refractivity contribution in [3.05, 3.63) is 23.4 Å². The Morgan fingerprint density at radius 3 is 2.65 bits per heavy atom. The molecule has 0 aromatic carbocycles. The van der Waals surface area contributed by atoms with E-state index in [2.05, 4.69) is 31.1 Å². The van der Waals surface area contributed by atoms with Crippen LogP contribution >= 0.6 is 0 Å². The molecule has 0 unspecified atom stereocenters. The molecule has 1 saturated carbocycles. The van der Waals surface area contributed by atoms with Gasteiger partial charge in [0.05, 0.1) is 5.56 Å². The number of anilines is 1. The van der Waals surface area contributed by atoms with E-state index in [0.717, 1.165) is 25.1 Å². The fraction of sp³-hybridized carbons (Fsp3) is 0.625. The predicted octanol–water partition coefficient (Wildman–Crippen LogP) is 3.58.